The number of ketones is 1. The van der Waals surface area contributed by atoms with Crippen molar-refractivity contribution in [3.05, 3.63) is 216 Å². The van der Waals surface area contributed by atoms with Crippen molar-refractivity contribution in [1.82, 2.24) is 0 Å². The third-order valence-corrected chi connectivity index (χ3v) is 21.1. The van der Waals surface area contributed by atoms with Gasteiger partial charge in [0.2, 0.25) is 0 Å². The Morgan fingerprint density at radius 2 is 0.471 bits per heavy atom. The van der Waals surface area contributed by atoms with Crippen LogP contribution in [0.5, 0.6) is 34.5 Å². The zero-order valence-electron chi connectivity index (χ0n) is 38.9. The minimum Gasteiger partial charge on any atom is -1.00 e. The molecular weight excluding hydrogens is 1020 g/mol. The van der Waals surface area contributed by atoms with E-state index in [4.69, 9.17) is 28.4 Å². The van der Waals surface area contributed by atoms with Gasteiger partial charge in [0.05, 0.1) is 55.0 Å². The lowest BCUT2D eigenvalue weighted by Gasteiger charge is -2.28. The fraction of sp³-hybridized carbons (Fsp3) is 0.140. The van der Waals surface area contributed by atoms with E-state index < -0.39 is 14.5 Å². The largest absolute Gasteiger partial charge is 1.00 e. The molecule has 0 saturated heterocycles. The average molecular weight is 1070 g/mol. The van der Waals surface area contributed by atoms with Gasteiger partial charge < -0.3 is 62.4 Å². The number of ether oxygens (including phenoxy) is 6. The van der Waals surface area contributed by atoms with Crippen molar-refractivity contribution >= 4 is 52.1 Å². The fourth-order valence-corrected chi connectivity index (χ4v) is 17.0. The second-order valence-corrected chi connectivity index (χ2v) is 22.8. The second-order valence-electron chi connectivity index (χ2n) is 15.8. The predicted molar refractivity (Wildman–Crippen MR) is 273 cm³/mol. The Balaban J connectivity index is 0.00000381. The summed E-state index contributed by atoms with van der Waals surface area (Å²) in [5, 5.41) is 7.23. The number of hydrogen-bond acceptors (Lipinski definition) is 7. The zero-order chi connectivity index (χ0) is 46.1. The molecule has 0 heterocycles. The van der Waals surface area contributed by atoms with E-state index in [1.165, 1.54) is 31.8 Å². The first-order valence-electron chi connectivity index (χ1n) is 21.6. The van der Waals surface area contributed by atoms with E-state index in [0.29, 0.717) is 11.1 Å². The third-order valence-electron chi connectivity index (χ3n) is 12.4. The zero-order valence-corrected chi connectivity index (χ0v) is 43.9. The first-order valence-corrected chi connectivity index (χ1v) is 25.6. The third kappa shape index (κ3) is 10.7. The molecule has 0 aromatic heterocycles. The summed E-state index contributed by atoms with van der Waals surface area (Å²) in [6.07, 6.45) is 1.45. The monoisotopic (exact) mass is 1070 g/mol. The molecule has 0 radical (unpaired) electrons. The van der Waals surface area contributed by atoms with Gasteiger partial charge in [-0.25, -0.2) is 0 Å². The molecule has 68 heavy (non-hydrogen) atoms. The first kappa shape index (κ1) is 51.4. The van der Waals surface area contributed by atoms with Gasteiger partial charge in [0, 0.05) is 11.1 Å². The molecule has 0 fully saturated rings. The summed E-state index contributed by atoms with van der Waals surface area (Å²) in [6.45, 7) is 0. The van der Waals surface area contributed by atoms with Crippen molar-refractivity contribution in [2.75, 3.05) is 42.7 Å². The Morgan fingerprint density at radius 3 is 0.632 bits per heavy atom. The van der Waals surface area contributed by atoms with E-state index in [1.54, 1.807) is 42.7 Å². The molecule has 0 amide bonds. The van der Waals surface area contributed by atoms with E-state index in [-0.39, 0.29) is 39.7 Å². The van der Waals surface area contributed by atoms with Crippen molar-refractivity contribution in [2.24, 2.45) is 0 Å². The minimum absolute atomic E-state index is 0. The predicted octanol–water partition coefficient (Wildman–Crippen LogP) is 3.97. The minimum atomic E-state index is -2.33. The fourth-order valence-electron chi connectivity index (χ4n) is 8.70. The van der Waals surface area contributed by atoms with Crippen molar-refractivity contribution in [2.45, 2.75) is 12.3 Å². The van der Waals surface area contributed by atoms with Crippen molar-refractivity contribution < 1.29 is 67.2 Å². The van der Waals surface area contributed by atoms with Crippen LogP contribution in [0.3, 0.4) is 0 Å². The molecular formula is C57H54Br2O7P2. The highest BCUT2D eigenvalue weighted by Gasteiger charge is 2.47. The lowest BCUT2D eigenvalue weighted by molar-refractivity contribution is -0.001000. The average Bonchev–Trinajstić information content (AvgIpc) is 3.40. The van der Waals surface area contributed by atoms with Crippen molar-refractivity contribution in [3.63, 3.8) is 0 Å². The summed E-state index contributed by atoms with van der Waals surface area (Å²) in [6, 6.07) is 66.8. The lowest BCUT2D eigenvalue weighted by Crippen LogP contribution is -3.00. The molecule has 0 atom stereocenters. The van der Waals surface area contributed by atoms with Crippen LogP contribution < -0.4 is 94.2 Å². The van der Waals surface area contributed by atoms with Gasteiger partial charge in [-0.05, 0) is 157 Å². The second kappa shape index (κ2) is 23.4. The maximum atomic E-state index is 14.3. The standard InChI is InChI=1S/C57H54O7P2.2BrH/c1-59-45-15-27-51(28-16-45)65(52-29-17-46(60-2)18-30-52,53-31-19-47(61-3)20-32-53)39-41-7-11-43(12-8-41)57(58)44-13-9-42(10-14-44)40-66(54-33-21-48(62-4)22-34-54,55-35-23-49(63-5)24-36-55)56-37-25-50(64-6)26-38-56;;/h7-38H,39-40H2,1-6H3;2*1H/q+2;;/p-2. The molecule has 0 aliphatic heterocycles. The lowest BCUT2D eigenvalue weighted by atomic mass is 10.0. The number of benzene rings is 8. The molecule has 0 spiro atoms. The molecule has 0 N–H and O–H groups in total. The van der Waals surface area contributed by atoms with Crippen LogP contribution in [0.2, 0.25) is 0 Å². The van der Waals surface area contributed by atoms with Crippen LogP contribution >= 0.6 is 14.5 Å². The van der Waals surface area contributed by atoms with Gasteiger partial charge in [0.1, 0.15) is 80.8 Å². The van der Waals surface area contributed by atoms with E-state index in [2.05, 4.69) is 97.1 Å². The smallest absolute Gasteiger partial charge is 0.193 e. The van der Waals surface area contributed by atoms with E-state index >= 15 is 0 Å². The van der Waals surface area contributed by atoms with Crippen molar-refractivity contribution in [1.29, 1.82) is 0 Å². The SMILES string of the molecule is COc1ccc([P+](Cc2ccc(C(=O)c3ccc(C[P+](c4ccc(OC)cc4)(c4ccc(OC)cc4)c4ccc(OC)cc4)cc3)cc2)(c2ccc(OC)cc2)c2ccc(OC)cc2)cc1.[Br-].[Br-]. The Bertz CT molecular complexity index is 2410. The normalized spacial score (nSPS) is 11.0. The van der Waals surface area contributed by atoms with Crippen LogP contribution in [0.1, 0.15) is 27.0 Å². The van der Waals surface area contributed by atoms with Gasteiger partial charge in [-0.15, -0.1) is 0 Å². The molecule has 8 aromatic carbocycles. The number of methoxy groups -OCH3 is 6. The van der Waals surface area contributed by atoms with E-state index in [0.717, 1.165) is 57.9 Å². The summed E-state index contributed by atoms with van der Waals surface area (Å²) >= 11 is 0. The molecule has 0 unspecified atom stereocenters. The summed E-state index contributed by atoms with van der Waals surface area (Å²) in [4.78, 5) is 14.3. The summed E-state index contributed by atoms with van der Waals surface area (Å²) in [7, 11) is 5.45. The van der Waals surface area contributed by atoms with Gasteiger partial charge in [-0.3, -0.25) is 4.79 Å². The van der Waals surface area contributed by atoms with Gasteiger partial charge in [-0.2, -0.15) is 0 Å². The van der Waals surface area contributed by atoms with Crippen LogP contribution in [-0.4, -0.2) is 48.4 Å². The maximum absolute atomic E-state index is 14.3. The number of carbonyl (C=O) groups is 1. The highest BCUT2D eigenvalue weighted by atomic mass is 79.9. The van der Waals surface area contributed by atoms with Gasteiger partial charge in [-0.1, -0.05) is 48.5 Å². The molecule has 0 aliphatic carbocycles. The topological polar surface area (TPSA) is 72.5 Å². The molecule has 0 bridgehead atoms. The van der Waals surface area contributed by atoms with Crippen LogP contribution in [-0.2, 0) is 12.3 Å². The number of carbonyl (C=O) groups excluding carboxylic acids is 1. The Kier molecular flexibility index (Phi) is 17.7. The summed E-state index contributed by atoms with van der Waals surface area (Å²) in [5.41, 5.74) is 3.50. The summed E-state index contributed by atoms with van der Waals surface area (Å²) < 4.78 is 33.5. The molecule has 8 rings (SSSR count). The number of halogens is 2. The van der Waals surface area contributed by atoms with Crippen molar-refractivity contribution in [3.8, 4) is 34.5 Å². The molecule has 0 aliphatic rings. The highest BCUT2D eigenvalue weighted by Crippen LogP contribution is 2.60. The van der Waals surface area contributed by atoms with Gasteiger partial charge in [0.15, 0.2) is 5.78 Å². The van der Waals surface area contributed by atoms with Crippen LogP contribution in [0.15, 0.2) is 194 Å². The molecule has 348 valence electrons. The molecule has 7 nitrogen and oxygen atoms in total. The molecule has 8 aromatic rings. The van der Waals surface area contributed by atoms with Gasteiger partial charge in [0.25, 0.3) is 0 Å². The quantitative estimate of drug-likeness (QED) is 0.0954. The van der Waals surface area contributed by atoms with Gasteiger partial charge >= 0.3 is 0 Å². The first-order chi connectivity index (χ1) is 32.3. The van der Waals surface area contributed by atoms with Crippen LogP contribution in [0.25, 0.3) is 0 Å². The molecule has 11 heteroatoms. The Labute approximate surface area is 422 Å². The van der Waals surface area contributed by atoms with E-state index in [9.17, 15) is 4.79 Å². The number of hydrogen-bond donors (Lipinski definition) is 0. The van der Waals surface area contributed by atoms with Crippen LogP contribution in [0.4, 0.5) is 0 Å². The summed E-state index contributed by atoms with van der Waals surface area (Å²) in [5.74, 6) is 4.75. The molecule has 0 saturated carbocycles. The highest BCUT2D eigenvalue weighted by molar-refractivity contribution is 7.95. The number of rotatable bonds is 18. The Morgan fingerprint density at radius 1 is 0.294 bits per heavy atom. The maximum Gasteiger partial charge on any atom is 0.193 e. The Hall–Kier alpha value is -5.95. The van der Waals surface area contributed by atoms with Crippen LogP contribution in [0, 0.1) is 0 Å². The van der Waals surface area contributed by atoms with E-state index in [1.807, 2.05) is 97.1 Å².